The van der Waals surface area contributed by atoms with E-state index in [1.807, 2.05) is 0 Å². The number of likely N-dealkylation sites (N-methyl/N-ethyl adjacent to an activating group) is 1. The maximum absolute atomic E-state index is 5.94. The Hall–Kier alpha value is -0.120. The van der Waals surface area contributed by atoms with E-state index in [-0.39, 0.29) is 5.60 Å². The molecule has 1 N–H and O–H groups in total. The second kappa shape index (κ2) is 6.17. The van der Waals surface area contributed by atoms with Crippen LogP contribution in [-0.2, 0) is 4.74 Å². The zero-order valence-corrected chi connectivity index (χ0v) is 12.4. The van der Waals surface area contributed by atoms with E-state index in [1.54, 1.807) is 0 Å². The second-order valence-electron chi connectivity index (χ2n) is 6.29. The van der Waals surface area contributed by atoms with Gasteiger partial charge in [-0.05, 0) is 33.2 Å². The molecule has 1 rings (SSSR count). The topological polar surface area (TPSA) is 24.5 Å². The third-order valence-electron chi connectivity index (χ3n) is 3.37. The molecule has 102 valence electrons. The molecule has 1 fully saturated rings. The Morgan fingerprint density at radius 2 is 2.06 bits per heavy atom. The number of nitrogens with zero attached hydrogens (tertiary/aromatic N) is 1. The molecule has 1 saturated heterocycles. The first-order valence-electron chi connectivity index (χ1n) is 6.97. The predicted molar refractivity (Wildman–Crippen MR) is 73.4 cm³/mol. The van der Waals surface area contributed by atoms with E-state index in [0.29, 0.717) is 18.1 Å². The third kappa shape index (κ3) is 4.94. The van der Waals surface area contributed by atoms with Crippen molar-refractivity contribution in [3.05, 3.63) is 0 Å². The number of nitrogens with one attached hydrogen (secondary N) is 1. The molecular formula is C14H30N2O. The number of morpholine rings is 1. The van der Waals surface area contributed by atoms with Crippen molar-refractivity contribution < 1.29 is 4.74 Å². The highest BCUT2D eigenvalue weighted by Gasteiger charge is 2.32. The molecule has 2 atom stereocenters. The van der Waals surface area contributed by atoms with Crippen molar-refractivity contribution in [3.63, 3.8) is 0 Å². The average molecular weight is 242 g/mol. The highest BCUT2D eigenvalue weighted by molar-refractivity contribution is 4.85. The molecule has 3 heteroatoms. The van der Waals surface area contributed by atoms with Gasteiger partial charge in [0.1, 0.15) is 0 Å². The molecule has 1 aliphatic rings. The Bertz CT molecular complexity index is 228. The lowest BCUT2D eigenvalue weighted by molar-refractivity contribution is -0.130. The summed E-state index contributed by atoms with van der Waals surface area (Å²) >= 11 is 0. The van der Waals surface area contributed by atoms with Crippen molar-refractivity contribution in [2.24, 2.45) is 5.92 Å². The average Bonchev–Trinajstić information content (AvgIpc) is 2.13. The Labute approximate surface area is 107 Å². The van der Waals surface area contributed by atoms with Gasteiger partial charge in [-0.15, -0.1) is 0 Å². The van der Waals surface area contributed by atoms with Crippen LogP contribution in [0.3, 0.4) is 0 Å². The van der Waals surface area contributed by atoms with E-state index in [4.69, 9.17) is 4.74 Å². The summed E-state index contributed by atoms with van der Waals surface area (Å²) in [6, 6.07) is 0.584. The number of hydrogen-bond acceptors (Lipinski definition) is 3. The summed E-state index contributed by atoms with van der Waals surface area (Å²) in [4.78, 5) is 2.54. The van der Waals surface area contributed by atoms with Gasteiger partial charge in [0, 0.05) is 25.7 Å². The molecule has 0 spiro atoms. The summed E-state index contributed by atoms with van der Waals surface area (Å²) in [5, 5.41) is 3.59. The van der Waals surface area contributed by atoms with Crippen LogP contribution >= 0.6 is 0 Å². The summed E-state index contributed by atoms with van der Waals surface area (Å²) < 4.78 is 5.94. The predicted octanol–water partition coefficient (Wildman–Crippen LogP) is 2.12. The van der Waals surface area contributed by atoms with Crippen molar-refractivity contribution in [1.82, 2.24) is 10.2 Å². The molecular weight excluding hydrogens is 212 g/mol. The number of rotatable bonds is 5. The molecule has 0 aromatic rings. The van der Waals surface area contributed by atoms with Gasteiger partial charge in [0.25, 0.3) is 0 Å². The van der Waals surface area contributed by atoms with Crippen molar-refractivity contribution in [2.75, 3.05) is 26.2 Å². The molecule has 1 heterocycles. The zero-order valence-electron chi connectivity index (χ0n) is 12.4. The van der Waals surface area contributed by atoms with Crippen LogP contribution in [0.5, 0.6) is 0 Å². The fourth-order valence-corrected chi connectivity index (χ4v) is 2.78. The van der Waals surface area contributed by atoms with Crippen LogP contribution in [0.2, 0.25) is 0 Å². The molecule has 0 bridgehead atoms. The minimum Gasteiger partial charge on any atom is -0.370 e. The van der Waals surface area contributed by atoms with Crippen LogP contribution in [0.25, 0.3) is 0 Å². The third-order valence-corrected chi connectivity index (χ3v) is 3.37. The lowest BCUT2D eigenvalue weighted by atomic mass is 10.0. The first-order chi connectivity index (χ1) is 7.84. The number of ether oxygens (including phenoxy) is 1. The van der Waals surface area contributed by atoms with Gasteiger partial charge >= 0.3 is 0 Å². The van der Waals surface area contributed by atoms with E-state index in [1.165, 1.54) is 0 Å². The summed E-state index contributed by atoms with van der Waals surface area (Å²) in [6.45, 7) is 17.6. The van der Waals surface area contributed by atoms with Gasteiger partial charge < -0.3 is 10.1 Å². The normalized spacial score (nSPS) is 27.4. The second-order valence-corrected chi connectivity index (χ2v) is 6.29. The maximum Gasteiger partial charge on any atom is 0.0757 e. The molecule has 0 aromatic heterocycles. The van der Waals surface area contributed by atoms with Crippen molar-refractivity contribution in [2.45, 2.75) is 59.3 Å². The van der Waals surface area contributed by atoms with Gasteiger partial charge in [-0.3, -0.25) is 4.90 Å². The van der Waals surface area contributed by atoms with E-state index in [0.717, 1.165) is 26.2 Å². The molecule has 0 aliphatic carbocycles. The summed E-state index contributed by atoms with van der Waals surface area (Å²) in [5.41, 5.74) is -0.00852. The van der Waals surface area contributed by atoms with E-state index >= 15 is 0 Å². The van der Waals surface area contributed by atoms with Crippen LogP contribution < -0.4 is 5.32 Å². The van der Waals surface area contributed by atoms with Gasteiger partial charge in [-0.2, -0.15) is 0 Å². The lowest BCUT2D eigenvalue weighted by Crippen LogP contribution is -2.55. The van der Waals surface area contributed by atoms with Crippen LogP contribution in [0.4, 0.5) is 0 Å². The SMILES string of the molecule is CCNC(CN1CC(C)OC(C)(C)C1)C(C)C. The molecule has 2 unspecified atom stereocenters. The highest BCUT2D eigenvalue weighted by Crippen LogP contribution is 2.21. The summed E-state index contributed by atoms with van der Waals surface area (Å²) in [6.07, 6.45) is 0.341. The highest BCUT2D eigenvalue weighted by atomic mass is 16.5. The smallest absolute Gasteiger partial charge is 0.0757 e. The minimum atomic E-state index is -0.00852. The van der Waals surface area contributed by atoms with Crippen molar-refractivity contribution in [1.29, 1.82) is 0 Å². The monoisotopic (exact) mass is 242 g/mol. The Morgan fingerprint density at radius 1 is 1.41 bits per heavy atom. The number of hydrogen-bond donors (Lipinski definition) is 1. The first kappa shape index (κ1) is 14.9. The van der Waals surface area contributed by atoms with Gasteiger partial charge in [0.15, 0.2) is 0 Å². The van der Waals surface area contributed by atoms with Crippen molar-refractivity contribution in [3.8, 4) is 0 Å². The fraction of sp³-hybridized carbons (Fsp3) is 1.00. The maximum atomic E-state index is 5.94. The minimum absolute atomic E-state index is 0.00852. The molecule has 1 aliphatic heterocycles. The Balaban J connectivity index is 2.54. The largest absolute Gasteiger partial charge is 0.370 e. The lowest BCUT2D eigenvalue weighted by Gasteiger charge is -2.43. The van der Waals surface area contributed by atoms with Crippen LogP contribution in [0.1, 0.15) is 41.5 Å². The summed E-state index contributed by atoms with van der Waals surface area (Å²) in [5.74, 6) is 0.677. The van der Waals surface area contributed by atoms with Crippen LogP contribution in [0, 0.1) is 5.92 Å². The van der Waals surface area contributed by atoms with E-state index < -0.39 is 0 Å². The van der Waals surface area contributed by atoms with Gasteiger partial charge in [0.05, 0.1) is 11.7 Å². The fourth-order valence-electron chi connectivity index (χ4n) is 2.78. The molecule has 3 nitrogen and oxygen atoms in total. The standard InChI is InChI=1S/C14H30N2O/c1-7-15-13(11(2)3)9-16-8-12(4)17-14(5,6)10-16/h11-13,15H,7-10H2,1-6H3. The zero-order chi connectivity index (χ0) is 13.1. The molecule has 17 heavy (non-hydrogen) atoms. The van der Waals surface area contributed by atoms with E-state index in [2.05, 4.69) is 51.8 Å². The molecule has 0 amide bonds. The van der Waals surface area contributed by atoms with Crippen LogP contribution in [-0.4, -0.2) is 48.8 Å². The first-order valence-corrected chi connectivity index (χ1v) is 6.97. The molecule has 0 radical (unpaired) electrons. The van der Waals surface area contributed by atoms with Gasteiger partial charge in [-0.1, -0.05) is 20.8 Å². The quantitative estimate of drug-likeness (QED) is 0.799. The Kier molecular flexibility index (Phi) is 5.42. The van der Waals surface area contributed by atoms with Gasteiger partial charge in [-0.25, -0.2) is 0 Å². The molecule has 0 aromatic carbocycles. The van der Waals surface area contributed by atoms with E-state index in [9.17, 15) is 0 Å². The van der Waals surface area contributed by atoms with Crippen molar-refractivity contribution >= 4 is 0 Å². The van der Waals surface area contributed by atoms with Gasteiger partial charge in [0.2, 0.25) is 0 Å². The van der Waals surface area contributed by atoms with Crippen LogP contribution in [0.15, 0.2) is 0 Å². The molecule has 0 saturated carbocycles. The Morgan fingerprint density at radius 3 is 2.53 bits per heavy atom. The summed E-state index contributed by atoms with van der Waals surface area (Å²) in [7, 11) is 0.